The maximum absolute atomic E-state index is 6.12. The fourth-order valence-electron chi connectivity index (χ4n) is 2.86. The first-order valence-electron chi connectivity index (χ1n) is 7.58. The van der Waals surface area contributed by atoms with E-state index in [1.807, 2.05) is 24.3 Å². The lowest BCUT2D eigenvalue weighted by atomic mass is 10.2. The first kappa shape index (κ1) is 15.6. The van der Waals surface area contributed by atoms with Crippen molar-refractivity contribution in [1.82, 2.24) is 9.55 Å². The van der Waals surface area contributed by atoms with Crippen molar-refractivity contribution in [3.63, 3.8) is 0 Å². The second kappa shape index (κ2) is 6.16. The SMILES string of the molecule is NCc1nc2cc3c(cc2n1Cc1ccc(Cl)c(Cl)c1)OCCO3. The molecular weight excluding hydrogens is 349 g/mol. The van der Waals surface area contributed by atoms with Gasteiger partial charge in [-0.05, 0) is 17.7 Å². The number of hydrogen-bond donors (Lipinski definition) is 1. The van der Waals surface area contributed by atoms with Crippen molar-refractivity contribution in [2.45, 2.75) is 13.1 Å². The fourth-order valence-corrected chi connectivity index (χ4v) is 3.19. The van der Waals surface area contributed by atoms with E-state index in [9.17, 15) is 0 Å². The Balaban J connectivity index is 1.81. The van der Waals surface area contributed by atoms with E-state index < -0.39 is 0 Å². The molecule has 5 nitrogen and oxygen atoms in total. The number of rotatable bonds is 3. The van der Waals surface area contributed by atoms with Crippen molar-refractivity contribution in [1.29, 1.82) is 0 Å². The van der Waals surface area contributed by atoms with Crippen molar-refractivity contribution in [2.75, 3.05) is 13.2 Å². The van der Waals surface area contributed by atoms with Crippen LogP contribution in [0, 0.1) is 0 Å². The molecule has 0 fully saturated rings. The second-order valence-corrected chi connectivity index (χ2v) is 6.37. The van der Waals surface area contributed by atoms with Gasteiger partial charge in [0.2, 0.25) is 0 Å². The molecule has 24 heavy (non-hydrogen) atoms. The number of aromatic nitrogens is 2. The van der Waals surface area contributed by atoms with Gasteiger partial charge in [-0.3, -0.25) is 0 Å². The molecule has 0 saturated carbocycles. The van der Waals surface area contributed by atoms with E-state index in [2.05, 4.69) is 9.55 Å². The average molecular weight is 364 g/mol. The van der Waals surface area contributed by atoms with Crippen LogP contribution in [0.4, 0.5) is 0 Å². The van der Waals surface area contributed by atoms with Crippen LogP contribution in [0.1, 0.15) is 11.4 Å². The van der Waals surface area contributed by atoms with E-state index in [-0.39, 0.29) is 0 Å². The molecule has 2 aromatic carbocycles. The van der Waals surface area contributed by atoms with Gasteiger partial charge in [0.25, 0.3) is 0 Å². The van der Waals surface area contributed by atoms with E-state index in [1.165, 1.54) is 0 Å². The number of nitrogens with two attached hydrogens (primary N) is 1. The lowest BCUT2D eigenvalue weighted by molar-refractivity contribution is 0.172. The van der Waals surface area contributed by atoms with Gasteiger partial charge >= 0.3 is 0 Å². The van der Waals surface area contributed by atoms with E-state index in [1.54, 1.807) is 6.07 Å². The lowest BCUT2D eigenvalue weighted by Crippen LogP contribution is -2.15. The third-order valence-electron chi connectivity index (χ3n) is 4.00. The molecule has 7 heteroatoms. The quantitative estimate of drug-likeness (QED) is 0.771. The molecule has 0 amide bonds. The van der Waals surface area contributed by atoms with Crippen LogP contribution < -0.4 is 15.2 Å². The van der Waals surface area contributed by atoms with Gasteiger partial charge in [-0.1, -0.05) is 29.3 Å². The minimum atomic E-state index is 0.336. The lowest BCUT2D eigenvalue weighted by Gasteiger charge is -2.18. The number of ether oxygens (including phenoxy) is 2. The Morgan fingerprint density at radius 3 is 2.50 bits per heavy atom. The first-order chi connectivity index (χ1) is 11.7. The molecule has 0 bridgehead atoms. The normalized spacial score (nSPS) is 13.5. The zero-order chi connectivity index (χ0) is 16.7. The van der Waals surface area contributed by atoms with Gasteiger partial charge in [-0.25, -0.2) is 4.98 Å². The molecule has 0 radical (unpaired) electrons. The largest absolute Gasteiger partial charge is 0.486 e. The zero-order valence-electron chi connectivity index (χ0n) is 12.8. The van der Waals surface area contributed by atoms with Crippen molar-refractivity contribution >= 4 is 34.2 Å². The van der Waals surface area contributed by atoms with Gasteiger partial charge in [0, 0.05) is 18.7 Å². The van der Waals surface area contributed by atoms with Gasteiger partial charge < -0.3 is 19.8 Å². The van der Waals surface area contributed by atoms with Gasteiger partial charge in [-0.2, -0.15) is 0 Å². The summed E-state index contributed by atoms with van der Waals surface area (Å²) in [6.07, 6.45) is 0. The molecule has 1 aromatic heterocycles. The fraction of sp³-hybridized carbons (Fsp3) is 0.235. The Hall–Kier alpha value is -1.95. The molecule has 0 aliphatic carbocycles. The molecular formula is C17H15Cl2N3O2. The smallest absolute Gasteiger partial charge is 0.163 e. The summed E-state index contributed by atoms with van der Waals surface area (Å²) < 4.78 is 13.4. The highest BCUT2D eigenvalue weighted by Gasteiger charge is 2.18. The maximum atomic E-state index is 6.12. The number of fused-ring (bicyclic) bond motifs is 2. The van der Waals surface area contributed by atoms with Crippen LogP contribution in [0.25, 0.3) is 11.0 Å². The predicted octanol–water partition coefficient (Wildman–Crippen LogP) is 3.62. The summed E-state index contributed by atoms with van der Waals surface area (Å²) in [5.74, 6) is 2.24. The van der Waals surface area contributed by atoms with Crippen LogP contribution in [0.2, 0.25) is 10.0 Å². The predicted molar refractivity (Wildman–Crippen MR) is 94.2 cm³/mol. The first-order valence-corrected chi connectivity index (χ1v) is 8.34. The van der Waals surface area contributed by atoms with Crippen molar-refractivity contribution in [3.05, 3.63) is 51.8 Å². The highest BCUT2D eigenvalue weighted by molar-refractivity contribution is 6.42. The van der Waals surface area contributed by atoms with E-state index in [4.69, 9.17) is 38.4 Å². The summed E-state index contributed by atoms with van der Waals surface area (Å²) in [5.41, 5.74) is 8.69. The number of halogens is 2. The van der Waals surface area contributed by atoms with Crippen LogP contribution in [-0.2, 0) is 13.1 Å². The van der Waals surface area contributed by atoms with Crippen LogP contribution in [0.15, 0.2) is 30.3 Å². The number of nitrogens with zero attached hydrogens (tertiary/aromatic N) is 2. The minimum Gasteiger partial charge on any atom is -0.486 e. The van der Waals surface area contributed by atoms with Crippen molar-refractivity contribution < 1.29 is 9.47 Å². The molecule has 0 atom stereocenters. The average Bonchev–Trinajstić information content (AvgIpc) is 2.93. The molecule has 1 aliphatic heterocycles. The van der Waals surface area contributed by atoms with Crippen LogP contribution in [-0.4, -0.2) is 22.8 Å². The zero-order valence-corrected chi connectivity index (χ0v) is 14.3. The monoisotopic (exact) mass is 363 g/mol. The van der Waals surface area contributed by atoms with Crippen LogP contribution in [0.5, 0.6) is 11.5 Å². The highest BCUT2D eigenvalue weighted by atomic mass is 35.5. The summed E-state index contributed by atoms with van der Waals surface area (Å²) in [4.78, 5) is 4.62. The summed E-state index contributed by atoms with van der Waals surface area (Å²) in [5, 5.41) is 1.07. The summed E-state index contributed by atoms with van der Waals surface area (Å²) in [7, 11) is 0. The van der Waals surface area contributed by atoms with E-state index in [0.29, 0.717) is 36.3 Å². The van der Waals surface area contributed by atoms with E-state index >= 15 is 0 Å². The Morgan fingerprint density at radius 2 is 1.79 bits per heavy atom. The Bertz CT molecular complexity index is 924. The Morgan fingerprint density at radius 1 is 1.04 bits per heavy atom. The maximum Gasteiger partial charge on any atom is 0.163 e. The molecule has 2 N–H and O–H groups in total. The molecule has 4 rings (SSSR count). The number of benzene rings is 2. The number of imidazole rings is 1. The topological polar surface area (TPSA) is 62.3 Å². The third kappa shape index (κ3) is 2.69. The molecule has 0 spiro atoms. The minimum absolute atomic E-state index is 0.336. The standard InChI is InChI=1S/C17H15Cl2N3O2/c18-11-2-1-10(5-12(11)19)9-22-14-7-16-15(23-3-4-24-16)6-13(14)21-17(22)8-20/h1-2,5-7H,3-4,8-9,20H2. The molecule has 3 aromatic rings. The Labute approximate surface area is 148 Å². The molecule has 0 unspecified atom stereocenters. The molecule has 0 saturated heterocycles. The Kier molecular flexibility index (Phi) is 4.00. The third-order valence-corrected chi connectivity index (χ3v) is 4.74. The summed E-state index contributed by atoms with van der Waals surface area (Å²) >= 11 is 12.1. The molecule has 2 heterocycles. The van der Waals surface area contributed by atoms with Crippen molar-refractivity contribution in [3.8, 4) is 11.5 Å². The summed E-state index contributed by atoms with van der Waals surface area (Å²) in [6.45, 7) is 2.03. The van der Waals surface area contributed by atoms with Gasteiger partial charge in [0.15, 0.2) is 11.5 Å². The second-order valence-electron chi connectivity index (χ2n) is 5.55. The molecule has 124 valence electrons. The van der Waals surface area contributed by atoms with Crippen molar-refractivity contribution in [2.24, 2.45) is 5.73 Å². The van der Waals surface area contributed by atoms with Gasteiger partial charge in [-0.15, -0.1) is 0 Å². The van der Waals surface area contributed by atoms with Crippen LogP contribution >= 0.6 is 23.2 Å². The summed E-state index contributed by atoms with van der Waals surface area (Å²) in [6, 6.07) is 9.44. The van der Waals surface area contributed by atoms with E-state index in [0.717, 1.165) is 33.9 Å². The number of hydrogen-bond acceptors (Lipinski definition) is 4. The molecule has 1 aliphatic rings. The highest BCUT2D eigenvalue weighted by Crippen LogP contribution is 2.35. The van der Waals surface area contributed by atoms with Crippen LogP contribution in [0.3, 0.4) is 0 Å². The van der Waals surface area contributed by atoms with Gasteiger partial charge in [0.05, 0.1) is 27.6 Å². The van der Waals surface area contributed by atoms with Gasteiger partial charge in [0.1, 0.15) is 19.0 Å².